The van der Waals surface area contributed by atoms with Gasteiger partial charge in [0, 0.05) is 12.2 Å². The van der Waals surface area contributed by atoms with Crippen LogP contribution in [0, 0.1) is 12.8 Å². The number of hydrogen-bond acceptors (Lipinski definition) is 4. The third kappa shape index (κ3) is 4.52. The Morgan fingerprint density at radius 3 is 2.57 bits per heavy atom. The Morgan fingerprint density at radius 2 is 2.05 bits per heavy atom. The van der Waals surface area contributed by atoms with E-state index in [-0.39, 0.29) is 23.3 Å². The molecule has 0 saturated heterocycles. The van der Waals surface area contributed by atoms with E-state index >= 15 is 0 Å². The van der Waals surface area contributed by atoms with Crippen LogP contribution in [-0.2, 0) is 14.8 Å². The molecule has 0 fully saturated rings. The summed E-state index contributed by atoms with van der Waals surface area (Å²) < 4.78 is 26.1. The Morgan fingerprint density at radius 1 is 1.38 bits per heavy atom. The number of nitrogens with one attached hydrogen (secondary N) is 2. The molecule has 1 atom stereocenters. The third-order valence-corrected chi connectivity index (χ3v) is 4.86. The maximum absolute atomic E-state index is 12.1. The summed E-state index contributed by atoms with van der Waals surface area (Å²) in [6.45, 7) is 3.96. The molecule has 0 spiro atoms. The van der Waals surface area contributed by atoms with Crippen LogP contribution in [0.1, 0.15) is 25.3 Å². The fraction of sp³-hybridized carbons (Fsp3) is 0.500. The molecule has 7 heteroatoms. The van der Waals surface area contributed by atoms with Gasteiger partial charge in [-0.2, -0.15) is 0 Å². The van der Waals surface area contributed by atoms with Gasteiger partial charge in [0.2, 0.25) is 15.9 Å². The second-order valence-corrected chi connectivity index (χ2v) is 6.75. The first kappa shape index (κ1) is 17.6. The maximum atomic E-state index is 12.1. The highest BCUT2D eigenvalue weighted by Gasteiger charge is 2.18. The van der Waals surface area contributed by atoms with Crippen molar-refractivity contribution in [2.45, 2.75) is 31.6 Å². The first-order valence-corrected chi connectivity index (χ1v) is 8.39. The molecule has 0 aliphatic rings. The van der Waals surface area contributed by atoms with Gasteiger partial charge in [-0.25, -0.2) is 13.1 Å². The average Bonchev–Trinajstić information content (AvgIpc) is 2.46. The van der Waals surface area contributed by atoms with E-state index in [1.165, 1.54) is 13.1 Å². The monoisotopic (exact) mass is 313 g/mol. The van der Waals surface area contributed by atoms with Gasteiger partial charge in [0.05, 0.1) is 10.8 Å². The number of carbonyl (C=O) groups is 1. The first-order valence-electron chi connectivity index (χ1n) is 6.90. The fourth-order valence-corrected chi connectivity index (χ4v) is 3.02. The molecule has 1 unspecified atom stereocenters. The van der Waals surface area contributed by atoms with Crippen molar-refractivity contribution in [1.29, 1.82) is 0 Å². The van der Waals surface area contributed by atoms with Crippen LogP contribution in [0.15, 0.2) is 23.1 Å². The molecule has 4 N–H and O–H groups in total. The minimum atomic E-state index is -3.55. The van der Waals surface area contributed by atoms with Gasteiger partial charge in [-0.3, -0.25) is 4.79 Å². The lowest BCUT2D eigenvalue weighted by Gasteiger charge is -2.15. The van der Waals surface area contributed by atoms with Crippen molar-refractivity contribution in [2.24, 2.45) is 11.7 Å². The van der Waals surface area contributed by atoms with Crippen LogP contribution in [0.2, 0.25) is 0 Å². The fourth-order valence-electron chi connectivity index (χ4n) is 2.03. The largest absolute Gasteiger partial charge is 0.330 e. The Hall–Kier alpha value is -1.44. The summed E-state index contributed by atoms with van der Waals surface area (Å²) in [5.41, 5.74) is 6.66. The normalized spacial score (nSPS) is 13.0. The maximum Gasteiger partial charge on any atom is 0.240 e. The number of amides is 1. The molecule has 0 saturated carbocycles. The van der Waals surface area contributed by atoms with Gasteiger partial charge in [-0.1, -0.05) is 19.4 Å². The molecular weight excluding hydrogens is 290 g/mol. The zero-order valence-electron chi connectivity index (χ0n) is 12.6. The van der Waals surface area contributed by atoms with Crippen molar-refractivity contribution < 1.29 is 13.2 Å². The number of hydrogen-bond donors (Lipinski definition) is 3. The second-order valence-electron chi connectivity index (χ2n) is 4.90. The molecule has 1 aromatic rings. The molecule has 1 amide bonds. The number of sulfonamides is 1. The van der Waals surface area contributed by atoms with Crippen molar-refractivity contribution in [2.75, 3.05) is 18.9 Å². The van der Waals surface area contributed by atoms with Crippen LogP contribution in [0.4, 0.5) is 5.69 Å². The lowest BCUT2D eigenvalue weighted by atomic mass is 10.0. The number of carbonyl (C=O) groups excluding carboxylic acids is 1. The molecule has 0 aliphatic carbocycles. The molecule has 118 valence electrons. The van der Waals surface area contributed by atoms with Crippen LogP contribution in [0.5, 0.6) is 0 Å². The van der Waals surface area contributed by atoms with Gasteiger partial charge in [0.25, 0.3) is 0 Å². The molecule has 0 bridgehead atoms. The molecule has 1 rings (SSSR count). The minimum Gasteiger partial charge on any atom is -0.330 e. The minimum absolute atomic E-state index is 0.155. The number of rotatable bonds is 7. The summed E-state index contributed by atoms with van der Waals surface area (Å²) in [7, 11) is -2.20. The lowest BCUT2D eigenvalue weighted by molar-refractivity contribution is -0.119. The average molecular weight is 313 g/mol. The number of benzene rings is 1. The van der Waals surface area contributed by atoms with E-state index in [2.05, 4.69) is 10.0 Å². The van der Waals surface area contributed by atoms with E-state index in [0.29, 0.717) is 17.7 Å². The summed E-state index contributed by atoms with van der Waals surface area (Å²) in [6, 6.07) is 4.80. The van der Waals surface area contributed by atoms with E-state index in [1.807, 2.05) is 6.92 Å². The van der Waals surface area contributed by atoms with Gasteiger partial charge in [0.1, 0.15) is 0 Å². The van der Waals surface area contributed by atoms with Crippen LogP contribution in [-0.4, -0.2) is 27.9 Å². The summed E-state index contributed by atoms with van der Waals surface area (Å²) in [6.07, 6.45) is 1.57. The molecule has 1 aromatic carbocycles. The Kier molecular flexibility index (Phi) is 6.32. The van der Waals surface area contributed by atoms with E-state index in [1.54, 1.807) is 19.1 Å². The summed E-state index contributed by atoms with van der Waals surface area (Å²) in [5.74, 6) is -0.448. The predicted molar refractivity (Wildman–Crippen MR) is 83.5 cm³/mol. The SMILES string of the molecule is CCCC(CN)C(=O)Nc1ccc(C)c(S(=O)(=O)NC)c1. The standard InChI is InChI=1S/C14H23N3O3S/c1-4-5-11(9-15)14(18)17-12-7-6-10(2)13(8-12)21(19,20)16-3/h6-8,11,16H,4-5,9,15H2,1-3H3,(H,17,18). The van der Waals surface area contributed by atoms with Crippen LogP contribution >= 0.6 is 0 Å². The van der Waals surface area contributed by atoms with Crippen molar-refractivity contribution >= 4 is 21.6 Å². The van der Waals surface area contributed by atoms with Crippen LogP contribution < -0.4 is 15.8 Å². The predicted octanol–water partition coefficient (Wildman–Crippen LogP) is 1.22. The quantitative estimate of drug-likeness (QED) is 0.704. The smallest absolute Gasteiger partial charge is 0.240 e. The van der Waals surface area contributed by atoms with Crippen molar-refractivity contribution in [3.8, 4) is 0 Å². The molecule has 0 radical (unpaired) electrons. The number of anilines is 1. The van der Waals surface area contributed by atoms with Gasteiger partial charge >= 0.3 is 0 Å². The third-order valence-electron chi connectivity index (χ3n) is 3.31. The number of nitrogens with two attached hydrogens (primary N) is 1. The van der Waals surface area contributed by atoms with Crippen molar-refractivity contribution in [3.05, 3.63) is 23.8 Å². The van der Waals surface area contributed by atoms with E-state index in [4.69, 9.17) is 5.73 Å². The van der Waals surface area contributed by atoms with E-state index in [9.17, 15) is 13.2 Å². The Labute approximate surface area is 126 Å². The molecule has 6 nitrogen and oxygen atoms in total. The van der Waals surface area contributed by atoms with Crippen LogP contribution in [0.3, 0.4) is 0 Å². The first-order chi connectivity index (χ1) is 9.85. The van der Waals surface area contributed by atoms with E-state index < -0.39 is 10.0 Å². The molecule has 21 heavy (non-hydrogen) atoms. The highest BCUT2D eigenvalue weighted by atomic mass is 32.2. The van der Waals surface area contributed by atoms with Gasteiger partial charge < -0.3 is 11.1 Å². The second kappa shape index (κ2) is 7.53. The zero-order valence-corrected chi connectivity index (χ0v) is 13.5. The molecule has 0 aromatic heterocycles. The number of aryl methyl sites for hydroxylation is 1. The molecular formula is C14H23N3O3S. The topological polar surface area (TPSA) is 101 Å². The van der Waals surface area contributed by atoms with Gasteiger partial charge in [-0.05, 0) is 38.1 Å². The summed E-state index contributed by atoms with van der Waals surface area (Å²) in [4.78, 5) is 12.2. The van der Waals surface area contributed by atoms with Crippen molar-refractivity contribution in [1.82, 2.24) is 4.72 Å². The molecule has 0 heterocycles. The summed E-state index contributed by atoms with van der Waals surface area (Å²) >= 11 is 0. The highest BCUT2D eigenvalue weighted by Crippen LogP contribution is 2.20. The van der Waals surface area contributed by atoms with Gasteiger partial charge in [0.15, 0.2) is 0 Å². The lowest BCUT2D eigenvalue weighted by Crippen LogP contribution is -2.29. The molecule has 0 aliphatic heterocycles. The zero-order chi connectivity index (χ0) is 16.0. The Bertz CT molecular complexity index is 599. The van der Waals surface area contributed by atoms with Crippen molar-refractivity contribution in [3.63, 3.8) is 0 Å². The summed E-state index contributed by atoms with van der Waals surface area (Å²) in [5, 5.41) is 2.73. The van der Waals surface area contributed by atoms with E-state index in [0.717, 1.165) is 6.42 Å². The Balaban J connectivity index is 3.01. The van der Waals surface area contributed by atoms with Gasteiger partial charge in [-0.15, -0.1) is 0 Å². The van der Waals surface area contributed by atoms with Crippen LogP contribution in [0.25, 0.3) is 0 Å². The highest BCUT2D eigenvalue weighted by molar-refractivity contribution is 7.89.